The lowest BCUT2D eigenvalue weighted by Crippen LogP contribution is -2.34. The van der Waals surface area contributed by atoms with Crippen molar-refractivity contribution in [3.63, 3.8) is 0 Å². The van der Waals surface area contributed by atoms with Gasteiger partial charge in [0, 0.05) is 0 Å². The van der Waals surface area contributed by atoms with Gasteiger partial charge in [-0.15, -0.1) is 11.3 Å². The maximum atomic E-state index is 12.1. The number of hydrogen-bond acceptors (Lipinski definition) is 7. The first-order valence-electron chi connectivity index (χ1n) is 8.66. The maximum absolute atomic E-state index is 12.1. The molecule has 2 N–H and O–H groups in total. The molecule has 30 heavy (non-hydrogen) atoms. The summed E-state index contributed by atoms with van der Waals surface area (Å²) >= 11 is 1.29. The number of nitrogens with zero attached hydrogens (tertiary/aromatic N) is 1. The van der Waals surface area contributed by atoms with E-state index in [9.17, 15) is 18.0 Å². The smallest absolute Gasteiger partial charge is 0.353 e. The van der Waals surface area contributed by atoms with E-state index in [2.05, 4.69) is 15.2 Å². The van der Waals surface area contributed by atoms with E-state index in [0.717, 1.165) is 0 Å². The van der Waals surface area contributed by atoms with Crippen molar-refractivity contribution in [3.8, 4) is 5.75 Å². The van der Waals surface area contributed by atoms with Gasteiger partial charge in [-0.3, -0.25) is 4.79 Å². The van der Waals surface area contributed by atoms with Crippen LogP contribution in [0.2, 0.25) is 0 Å². The number of hydrazone groups is 1. The summed E-state index contributed by atoms with van der Waals surface area (Å²) in [4.78, 5) is 24.3. The van der Waals surface area contributed by atoms with Crippen LogP contribution in [0.1, 0.15) is 15.2 Å². The summed E-state index contributed by atoms with van der Waals surface area (Å²) in [5, 5.41) is 5.57. The second-order valence-corrected chi connectivity index (χ2v) is 8.58. The molecule has 0 bridgehead atoms. The van der Waals surface area contributed by atoms with Gasteiger partial charge in [0.25, 0.3) is 5.91 Å². The van der Waals surface area contributed by atoms with Gasteiger partial charge in [-0.2, -0.15) is 5.10 Å². The molecular formula is C20H17N3O5S2. The lowest BCUT2D eigenvalue weighted by molar-refractivity contribution is -0.119. The van der Waals surface area contributed by atoms with Gasteiger partial charge in [0.05, 0.1) is 17.7 Å². The molecule has 3 rings (SSSR count). The lowest BCUT2D eigenvalue weighted by atomic mass is 10.2. The number of esters is 1. The minimum absolute atomic E-state index is 0.0705. The summed E-state index contributed by atoms with van der Waals surface area (Å²) in [6, 6.07) is 17.7. The van der Waals surface area contributed by atoms with Crippen molar-refractivity contribution >= 4 is 39.5 Å². The Morgan fingerprint density at radius 3 is 2.40 bits per heavy atom. The van der Waals surface area contributed by atoms with Crippen LogP contribution in [0, 0.1) is 0 Å². The Morgan fingerprint density at radius 1 is 1.00 bits per heavy atom. The molecular weight excluding hydrogens is 426 g/mol. The first-order chi connectivity index (χ1) is 14.4. The highest BCUT2D eigenvalue weighted by Crippen LogP contribution is 2.16. The van der Waals surface area contributed by atoms with Crippen LogP contribution >= 0.6 is 11.3 Å². The molecule has 0 aliphatic carbocycles. The number of amides is 1. The molecule has 0 radical (unpaired) electrons. The van der Waals surface area contributed by atoms with Gasteiger partial charge in [-0.05, 0) is 53.4 Å². The third-order valence-electron chi connectivity index (χ3n) is 3.69. The SMILES string of the molecule is O=C(CNS(=O)(=O)c1ccccc1)NN=Cc1ccc(OC(=O)c2cccs2)cc1. The fourth-order valence-electron chi connectivity index (χ4n) is 2.24. The molecule has 0 saturated heterocycles. The minimum Gasteiger partial charge on any atom is -0.422 e. The Hall–Kier alpha value is -3.34. The van der Waals surface area contributed by atoms with Crippen LogP contribution in [0.5, 0.6) is 5.75 Å². The highest BCUT2D eigenvalue weighted by atomic mass is 32.2. The third kappa shape index (κ3) is 6.08. The van der Waals surface area contributed by atoms with Crippen molar-refractivity contribution in [1.82, 2.24) is 10.1 Å². The second-order valence-electron chi connectivity index (χ2n) is 5.87. The minimum atomic E-state index is -3.77. The van der Waals surface area contributed by atoms with Crippen LogP contribution in [-0.4, -0.2) is 33.1 Å². The number of ether oxygens (including phenoxy) is 1. The van der Waals surface area contributed by atoms with Gasteiger partial charge in [0.15, 0.2) is 0 Å². The highest BCUT2D eigenvalue weighted by Gasteiger charge is 2.14. The Kier molecular flexibility index (Phi) is 7.07. The Morgan fingerprint density at radius 2 is 1.73 bits per heavy atom. The molecule has 0 aliphatic rings. The van der Waals surface area contributed by atoms with Crippen molar-refractivity contribution in [2.24, 2.45) is 5.10 Å². The monoisotopic (exact) mass is 443 g/mol. The van der Waals surface area contributed by atoms with Crippen molar-refractivity contribution in [2.75, 3.05) is 6.54 Å². The average Bonchev–Trinajstić information content (AvgIpc) is 3.29. The molecule has 2 aromatic carbocycles. The molecule has 0 atom stereocenters. The first-order valence-corrected chi connectivity index (χ1v) is 11.0. The molecule has 10 heteroatoms. The quantitative estimate of drug-likeness (QED) is 0.240. The van der Waals surface area contributed by atoms with E-state index in [1.54, 1.807) is 60.0 Å². The summed E-state index contributed by atoms with van der Waals surface area (Å²) in [5.41, 5.74) is 2.89. The molecule has 8 nitrogen and oxygen atoms in total. The number of benzene rings is 2. The van der Waals surface area contributed by atoms with Crippen LogP contribution in [0.15, 0.2) is 82.1 Å². The molecule has 1 amide bonds. The number of thiophene rings is 1. The highest BCUT2D eigenvalue weighted by molar-refractivity contribution is 7.89. The number of carbonyl (C=O) groups excluding carboxylic acids is 2. The Bertz CT molecular complexity index is 1130. The summed E-state index contributed by atoms with van der Waals surface area (Å²) in [7, 11) is -3.77. The molecule has 1 heterocycles. The fourth-order valence-corrected chi connectivity index (χ4v) is 3.84. The predicted molar refractivity (Wildman–Crippen MR) is 113 cm³/mol. The molecule has 0 fully saturated rings. The van der Waals surface area contributed by atoms with Crippen LogP contribution in [0.4, 0.5) is 0 Å². The second kappa shape index (κ2) is 9.92. The lowest BCUT2D eigenvalue weighted by Gasteiger charge is -2.05. The van der Waals surface area contributed by atoms with Crippen LogP contribution in [0.25, 0.3) is 0 Å². The summed E-state index contributed by atoms with van der Waals surface area (Å²) < 4.78 is 31.5. The standard InChI is InChI=1S/C20H17N3O5S2/c24-19(14-22-30(26,27)17-5-2-1-3-6-17)23-21-13-15-8-10-16(11-9-15)28-20(25)18-7-4-12-29-18/h1-13,22H,14H2,(H,23,24). The van der Waals surface area contributed by atoms with E-state index in [1.807, 2.05) is 0 Å². The topological polar surface area (TPSA) is 114 Å². The fraction of sp³-hybridized carbons (Fsp3) is 0.0500. The zero-order valence-electron chi connectivity index (χ0n) is 15.5. The van der Waals surface area contributed by atoms with E-state index < -0.39 is 28.4 Å². The first kappa shape index (κ1) is 21.4. The zero-order valence-corrected chi connectivity index (χ0v) is 17.2. The van der Waals surface area contributed by atoms with Crippen LogP contribution < -0.4 is 14.9 Å². The number of rotatable bonds is 8. The van der Waals surface area contributed by atoms with Crippen molar-refractivity contribution in [1.29, 1.82) is 0 Å². The van der Waals surface area contributed by atoms with Gasteiger partial charge in [0.1, 0.15) is 10.6 Å². The van der Waals surface area contributed by atoms with E-state index >= 15 is 0 Å². The summed E-state index contributed by atoms with van der Waals surface area (Å²) in [6.45, 7) is -0.452. The van der Waals surface area contributed by atoms with Gasteiger partial charge >= 0.3 is 5.97 Å². The predicted octanol–water partition coefficient (Wildman–Crippen LogP) is 2.40. The molecule has 3 aromatic rings. The van der Waals surface area contributed by atoms with Crippen molar-refractivity contribution in [2.45, 2.75) is 4.90 Å². The molecule has 0 spiro atoms. The summed E-state index contributed by atoms with van der Waals surface area (Å²) in [6.07, 6.45) is 1.38. The van der Waals surface area contributed by atoms with Crippen molar-refractivity contribution < 1.29 is 22.7 Å². The number of hydrogen-bond donors (Lipinski definition) is 2. The van der Waals surface area contributed by atoms with Crippen LogP contribution in [0.3, 0.4) is 0 Å². The van der Waals surface area contributed by atoms with E-state index in [-0.39, 0.29) is 4.90 Å². The third-order valence-corrected chi connectivity index (χ3v) is 5.96. The van der Waals surface area contributed by atoms with Gasteiger partial charge < -0.3 is 4.74 Å². The molecule has 1 aromatic heterocycles. The van der Waals surface area contributed by atoms with Crippen molar-refractivity contribution in [3.05, 3.63) is 82.6 Å². The van der Waals surface area contributed by atoms with E-state index in [1.165, 1.54) is 29.7 Å². The van der Waals surface area contributed by atoms with E-state index in [4.69, 9.17) is 4.74 Å². The normalized spacial score (nSPS) is 11.3. The van der Waals surface area contributed by atoms with Crippen LogP contribution in [-0.2, 0) is 14.8 Å². The molecule has 0 saturated carbocycles. The molecule has 154 valence electrons. The number of carbonyl (C=O) groups is 2. The molecule has 0 unspecified atom stereocenters. The zero-order chi connectivity index (χ0) is 21.4. The number of nitrogens with one attached hydrogen (secondary N) is 2. The van der Waals surface area contributed by atoms with Gasteiger partial charge in [0.2, 0.25) is 10.0 Å². The van der Waals surface area contributed by atoms with E-state index in [0.29, 0.717) is 16.2 Å². The number of sulfonamides is 1. The molecule has 0 aliphatic heterocycles. The largest absolute Gasteiger partial charge is 0.422 e. The summed E-state index contributed by atoms with van der Waals surface area (Å²) in [5.74, 6) is -0.672. The Labute approximate surface area is 177 Å². The average molecular weight is 444 g/mol. The van der Waals surface area contributed by atoms with Gasteiger partial charge in [-0.1, -0.05) is 24.3 Å². The Balaban J connectivity index is 1.46. The van der Waals surface area contributed by atoms with Gasteiger partial charge in [-0.25, -0.2) is 23.4 Å². The maximum Gasteiger partial charge on any atom is 0.353 e.